The lowest BCUT2D eigenvalue weighted by atomic mass is 10.0. The molecule has 5 rings (SSSR count). The highest BCUT2D eigenvalue weighted by Gasteiger charge is 2.46. The number of aromatic nitrogens is 4. The van der Waals surface area contributed by atoms with Crippen molar-refractivity contribution in [2.75, 3.05) is 18.4 Å². The standard InChI is InChI=1S/C28H30FN7O4/c1-28(2,3)40-27(38)36-9-7-23(21(29)14-36)39-22-5-4-16(10-18(22)13-30)17-6-8-31-24(11-17)34-26(37)20-12-19(20)25-32-15-33-35-25/h4-6,8,10-11,15,19-21,23H,7,9,12,14H2,1-3H3,(H,31,34,37)(H,32,33,35)/t19?,20?,21-,23+/m1/s1. The molecule has 11 nitrogen and oxygen atoms in total. The lowest BCUT2D eigenvalue weighted by molar-refractivity contribution is -0.117. The van der Waals surface area contributed by atoms with Crippen LogP contribution in [0.2, 0.25) is 0 Å². The van der Waals surface area contributed by atoms with E-state index in [2.05, 4.69) is 31.6 Å². The van der Waals surface area contributed by atoms with Gasteiger partial charge < -0.3 is 19.7 Å². The predicted molar refractivity (Wildman–Crippen MR) is 142 cm³/mol. The van der Waals surface area contributed by atoms with Gasteiger partial charge >= 0.3 is 6.09 Å². The second-order valence-electron chi connectivity index (χ2n) is 10.9. The van der Waals surface area contributed by atoms with Crippen molar-refractivity contribution >= 4 is 17.8 Å². The van der Waals surface area contributed by atoms with E-state index in [9.17, 15) is 19.2 Å². The first kappa shape index (κ1) is 27.1. The molecule has 4 atom stereocenters. The van der Waals surface area contributed by atoms with Gasteiger partial charge in [0.2, 0.25) is 5.91 Å². The average Bonchev–Trinajstić information content (AvgIpc) is 3.53. The summed E-state index contributed by atoms with van der Waals surface area (Å²) in [6.45, 7) is 5.41. The van der Waals surface area contributed by atoms with Crippen molar-refractivity contribution in [1.29, 1.82) is 5.26 Å². The first-order chi connectivity index (χ1) is 19.1. The fourth-order valence-electron chi connectivity index (χ4n) is 4.65. The summed E-state index contributed by atoms with van der Waals surface area (Å²) < 4.78 is 26.2. The van der Waals surface area contributed by atoms with Crippen LogP contribution in [0.4, 0.5) is 15.0 Å². The van der Waals surface area contributed by atoms with Crippen molar-refractivity contribution in [2.45, 2.75) is 57.4 Å². The van der Waals surface area contributed by atoms with Gasteiger partial charge in [0.1, 0.15) is 41.5 Å². The maximum absolute atomic E-state index is 15.0. The second kappa shape index (κ2) is 10.9. The normalized spacial score (nSPS) is 22.2. The van der Waals surface area contributed by atoms with Crippen molar-refractivity contribution in [3.63, 3.8) is 0 Å². The molecule has 1 aliphatic carbocycles. The van der Waals surface area contributed by atoms with Crippen molar-refractivity contribution in [3.8, 4) is 22.9 Å². The molecule has 12 heteroatoms. The molecule has 3 heterocycles. The first-order valence-electron chi connectivity index (χ1n) is 13.1. The molecule has 1 aromatic carbocycles. The molecule has 2 amide bonds. The molecule has 40 heavy (non-hydrogen) atoms. The van der Waals surface area contributed by atoms with E-state index in [0.29, 0.717) is 23.6 Å². The number of alkyl halides is 1. The number of likely N-dealkylation sites (tertiary alicyclic amines) is 1. The largest absolute Gasteiger partial charge is 0.486 e. The highest BCUT2D eigenvalue weighted by atomic mass is 19.1. The number of pyridine rings is 1. The van der Waals surface area contributed by atoms with E-state index < -0.39 is 24.0 Å². The minimum Gasteiger partial charge on any atom is -0.486 e. The Hall–Kier alpha value is -4.53. The Labute approximate surface area is 230 Å². The summed E-state index contributed by atoms with van der Waals surface area (Å²) in [4.78, 5) is 34.7. The molecule has 1 saturated heterocycles. The highest BCUT2D eigenvalue weighted by Crippen LogP contribution is 2.46. The Kier molecular flexibility index (Phi) is 7.38. The molecule has 0 spiro atoms. The Morgan fingerprint density at radius 2 is 2.00 bits per heavy atom. The molecule has 0 bridgehead atoms. The van der Waals surface area contributed by atoms with Crippen LogP contribution in [-0.2, 0) is 9.53 Å². The Bertz CT molecular complexity index is 1430. The summed E-state index contributed by atoms with van der Waals surface area (Å²) in [7, 11) is 0. The quantitative estimate of drug-likeness (QED) is 0.467. The van der Waals surface area contributed by atoms with Gasteiger partial charge in [-0.15, -0.1) is 0 Å². The maximum atomic E-state index is 15.0. The molecule has 1 aliphatic heterocycles. The number of nitrogens with one attached hydrogen (secondary N) is 2. The molecule has 2 N–H and O–H groups in total. The molecule has 2 aliphatic rings. The van der Waals surface area contributed by atoms with Crippen LogP contribution in [0, 0.1) is 17.2 Å². The van der Waals surface area contributed by atoms with Gasteiger partial charge in [0.15, 0.2) is 6.17 Å². The topological polar surface area (TPSA) is 146 Å². The van der Waals surface area contributed by atoms with Crippen LogP contribution in [0.15, 0.2) is 42.9 Å². The fourth-order valence-corrected chi connectivity index (χ4v) is 4.65. The van der Waals surface area contributed by atoms with Crippen molar-refractivity contribution in [3.05, 3.63) is 54.2 Å². The Morgan fingerprint density at radius 3 is 2.70 bits per heavy atom. The van der Waals surface area contributed by atoms with Gasteiger partial charge in [0.05, 0.1) is 12.1 Å². The van der Waals surface area contributed by atoms with Gasteiger partial charge in [-0.05, 0) is 62.6 Å². The molecule has 3 aromatic rings. The smallest absolute Gasteiger partial charge is 0.410 e. The molecular formula is C28H30FN7O4. The van der Waals surface area contributed by atoms with Gasteiger partial charge in [-0.3, -0.25) is 9.89 Å². The van der Waals surface area contributed by atoms with E-state index in [0.717, 1.165) is 5.56 Å². The summed E-state index contributed by atoms with van der Waals surface area (Å²) in [6.07, 6.45) is 1.15. The molecule has 2 aromatic heterocycles. The highest BCUT2D eigenvalue weighted by molar-refractivity contribution is 5.94. The number of carbonyl (C=O) groups is 2. The number of hydrogen-bond acceptors (Lipinski definition) is 8. The maximum Gasteiger partial charge on any atom is 0.410 e. The molecular weight excluding hydrogens is 517 g/mol. The average molecular weight is 548 g/mol. The zero-order valence-electron chi connectivity index (χ0n) is 22.4. The van der Waals surface area contributed by atoms with Crippen LogP contribution in [0.3, 0.4) is 0 Å². The number of carbonyl (C=O) groups excluding carboxylic acids is 2. The minimum atomic E-state index is -1.44. The third-order valence-corrected chi connectivity index (χ3v) is 6.77. The number of anilines is 1. The van der Waals surface area contributed by atoms with Crippen LogP contribution in [0.1, 0.15) is 50.9 Å². The number of hydrogen-bond donors (Lipinski definition) is 2. The SMILES string of the molecule is CC(C)(C)OC(=O)N1CC[C@H](Oc2ccc(-c3ccnc(NC(=O)C4CC4c4ncn[nH]4)c3)cc2C#N)[C@H](F)C1. The Morgan fingerprint density at radius 1 is 1.20 bits per heavy atom. The Balaban J connectivity index is 1.22. The number of piperidine rings is 1. The van der Waals surface area contributed by atoms with Gasteiger partial charge in [-0.2, -0.15) is 10.4 Å². The number of aromatic amines is 1. The summed E-state index contributed by atoms with van der Waals surface area (Å²) >= 11 is 0. The lowest BCUT2D eigenvalue weighted by Gasteiger charge is -2.35. The number of benzene rings is 1. The summed E-state index contributed by atoms with van der Waals surface area (Å²) in [5.41, 5.74) is 1.03. The van der Waals surface area contributed by atoms with Gasteiger partial charge in [-0.1, -0.05) is 6.07 Å². The number of rotatable bonds is 6. The zero-order valence-corrected chi connectivity index (χ0v) is 22.4. The van der Waals surface area contributed by atoms with E-state index in [1.54, 1.807) is 57.3 Å². The molecule has 2 fully saturated rings. The van der Waals surface area contributed by atoms with E-state index in [1.165, 1.54) is 11.2 Å². The van der Waals surface area contributed by atoms with Gasteiger partial charge in [-0.25, -0.2) is 19.2 Å². The van der Waals surface area contributed by atoms with Crippen molar-refractivity contribution in [2.24, 2.45) is 5.92 Å². The number of halogens is 1. The van der Waals surface area contributed by atoms with Gasteiger partial charge in [0.25, 0.3) is 0 Å². The molecule has 2 unspecified atom stereocenters. The van der Waals surface area contributed by atoms with Crippen LogP contribution < -0.4 is 10.1 Å². The summed E-state index contributed by atoms with van der Waals surface area (Å²) in [5.74, 6) is 1.02. The van der Waals surface area contributed by atoms with E-state index in [1.807, 2.05) is 0 Å². The van der Waals surface area contributed by atoms with Crippen LogP contribution in [-0.4, -0.2) is 68.0 Å². The van der Waals surface area contributed by atoms with Crippen LogP contribution >= 0.6 is 0 Å². The van der Waals surface area contributed by atoms with E-state index in [4.69, 9.17) is 9.47 Å². The van der Waals surface area contributed by atoms with Crippen LogP contribution in [0.5, 0.6) is 5.75 Å². The fraction of sp³-hybridized carbons (Fsp3) is 0.429. The van der Waals surface area contributed by atoms with E-state index in [-0.39, 0.29) is 48.6 Å². The zero-order chi connectivity index (χ0) is 28.4. The third-order valence-electron chi connectivity index (χ3n) is 6.77. The summed E-state index contributed by atoms with van der Waals surface area (Å²) in [5, 5.41) is 19.3. The second-order valence-corrected chi connectivity index (χ2v) is 10.9. The minimum absolute atomic E-state index is 0.0184. The first-order valence-corrected chi connectivity index (χ1v) is 13.1. The third kappa shape index (κ3) is 6.20. The van der Waals surface area contributed by atoms with Crippen molar-refractivity contribution in [1.82, 2.24) is 25.1 Å². The number of nitrogens with zero attached hydrogens (tertiary/aromatic N) is 5. The summed E-state index contributed by atoms with van der Waals surface area (Å²) in [6, 6.07) is 10.7. The molecule has 208 valence electrons. The monoisotopic (exact) mass is 547 g/mol. The molecule has 0 radical (unpaired) electrons. The molecule has 1 saturated carbocycles. The predicted octanol–water partition coefficient (Wildman–Crippen LogP) is 4.21. The number of amides is 2. The van der Waals surface area contributed by atoms with E-state index >= 15 is 0 Å². The lowest BCUT2D eigenvalue weighted by Crippen LogP contribution is -2.50. The van der Waals surface area contributed by atoms with Gasteiger partial charge in [0, 0.05) is 31.0 Å². The van der Waals surface area contributed by atoms with Crippen molar-refractivity contribution < 1.29 is 23.5 Å². The number of nitriles is 1. The number of ether oxygens (including phenoxy) is 2. The number of H-pyrrole nitrogens is 1. The van der Waals surface area contributed by atoms with Crippen LogP contribution in [0.25, 0.3) is 11.1 Å².